The van der Waals surface area contributed by atoms with Gasteiger partial charge in [-0.1, -0.05) is 42.5 Å². The van der Waals surface area contributed by atoms with E-state index in [0.717, 1.165) is 18.2 Å². The fourth-order valence-electron chi connectivity index (χ4n) is 4.04. The molecule has 3 aromatic carbocycles. The van der Waals surface area contributed by atoms with Crippen LogP contribution in [0.25, 0.3) is 10.9 Å². The molecule has 0 aliphatic rings. The van der Waals surface area contributed by atoms with Crippen LogP contribution in [0, 0.1) is 24.4 Å². The Balaban J connectivity index is 0.000000252. The minimum atomic E-state index is -4.72. The topological polar surface area (TPSA) is 88.4 Å². The molecule has 0 saturated heterocycles. The maximum absolute atomic E-state index is 14.3. The number of alkyl halides is 3. The van der Waals surface area contributed by atoms with Gasteiger partial charge < -0.3 is 15.0 Å². The smallest absolute Gasteiger partial charge is 0.417 e. The number of nitrogens with zero attached hydrogens (tertiary/aromatic N) is 1. The Morgan fingerprint density at radius 3 is 2.12 bits per heavy atom. The highest BCUT2D eigenvalue weighted by Gasteiger charge is 2.37. The number of hydrogen-bond donors (Lipinski definition) is 2. The number of hydrogen-bond acceptors (Lipinski definition) is 3. The second kappa shape index (κ2) is 12.1. The zero-order chi connectivity index (χ0) is 29.8. The van der Waals surface area contributed by atoms with Crippen molar-refractivity contribution in [1.82, 2.24) is 9.88 Å². The maximum atomic E-state index is 14.3. The summed E-state index contributed by atoms with van der Waals surface area (Å²) in [6.07, 6.45) is -5.14. The van der Waals surface area contributed by atoms with Crippen LogP contribution < -0.4 is 10.9 Å². The lowest BCUT2D eigenvalue weighted by atomic mass is 9.96. The van der Waals surface area contributed by atoms with Crippen molar-refractivity contribution in [3.8, 4) is 0 Å². The van der Waals surface area contributed by atoms with Crippen LogP contribution in [0.5, 0.6) is 0 Å². The molecule has 0 atom stereocenters. The molecule has 0 aliphatic heterocycles. The van der Waals surface area contributed by atoms with Gasteiger partial charge in [0.2, 0.25) is 0 Å². The third-order valence-electron chi connectivity index (χ3n) is 5.91. The molecular weight excluding hydrogens is 542 g/mol. The number of aromatic nitrogens is 1. The van der Waals surface area contributed by atoms with Crippen LogP contribution in [0.15, 0.2) is 65.5 Å². The van der Waals surface area contributed by atoms with Crippen LogP contribution in [-0.2, 0) is 24.4 Å². The van der Waals surface area contributed by atoms with Gasteiger partial charge in [0.25, 0.3) is 11.5 Å². The summed E-state index contributed by atoms with van der Waals surface area (Å²) in [4.78, 5) is 33.8. The van der Waals surface area contributed by atoms with E-state index in [1.54, 1.807) is 12.1 Å². The molecule has 0 aliphatic carbocycles. The van der Waals surface area contributed by atoms with Gasteiger partial charge in [0.15, 0.2) is 0 Å². The number of amides is 1. The van der Waals surface area contributed by atoms with E-state index >= 15 is 0 Å². The first-order valence-electron chi connectivity index (χ1n) is 11.6. The molecule has 12 heteroatoms. The second-order valence-electron chi connectivity index (χ2n) is 8.63. The minimum Gasteiger partial charge on any atom is -0.480 e. The molecule has 1 amide bonds. The Hall–Kier alpha value is -4.61. The van der Waals surface area contributed by atoms with Crippen molar-refractivity contribution in [2.45, 2.75) is 19.5 Å². The van der Waals surface area contributed by atoms with Crippen molar-refractivity contribution < 1.29 is 41.0 Å². The first-order chi connectivity index (χ1) is 18.7. The van der Waals surface area contributed by atoms with Gasteiger partial charge in [-0.25, -0.2) is 13.2 Å². The molecule has 4 aromatic rings. The van der Waals surface area contributed by atoms with Gasteiger partial charge in [-0.05, 0) is 36.2 Å². The Morgan fingerprint density at radius 1 is 0.925 bits per heavy atom. The molecule has 6 nitrogen and oxygen atoms in total. The third-order valence-corrected chi connectivity index (χ3v) is 5.91. The molecule has 0 bridgehead atoms. The molecule has 0 spiro atoms. The lowest BCUT2D eigenvalue weighted by Gasteiger charge is -2.18. The summed E-state index contributed by atoms with van der Waals surface area (Å²) < 4.78 is 82.6. The zero-order valence-corrected chi connectivity index (χ0v) is 21.1. The van der Waals surface area contributed by atoms with E-state index in [1.807, 2.05) is 5.32 Å². The van der Waals surface area contributed by atoms with Crippen molar-refractivity contribution in [3.05, 3.63) is 116 Å². The monoisotopic (exact) mass is 564 g/mol. The molecule has 210 valence electrons. The minimum absolute atomic E-state index is 0.0675. The van der Waals surface area contributed by atoms with Crippen molar-refractivity contribution in [2.75, 3.05) is 6.54 Å². The fraction of sp³-hybridized carbons (Fsp3) is 0.179. The number of aliphatic carboxylic acids is 1. The van der Waals surface area contributed by atoms with Crippen LogP contribution in [0.1, 0.15) is 32.6 Å². The summed E-state index contributed by atoms with van der Waals surface area (Å²) >= 11 is 0. The van der Waals surface area contributed by atoms with Crippen LogP contribution in [0.2, 0.25) is 0 Å². The van der Waals surface area contributed by atoms with E-state index in [1.165, 1.54) is 48.9 Å². The van der Waals surface area contributed by atoms with E-state index < -0.39 is 70.7 Å². The molecule has 4 rings (SSSR count). The predicted molar refractivity (Wildman–Crippen MR) is 134 cm³/mol. The number of carbonyl (C=O) groups excluding carboxylic acids is 1. The Morgan fingerprint density at radius 2 is 1.52 bits per heavy atom. The number of pyridine rings is 1. The van der Waals surface area contributed by atoms with Crippen LogP contribution in [0.3, 0.4) is 0 Å². The van der Waals surface area contributed by atoms with Crippen LogP contribution in [-0.4, -0.2) is 28.1 Å². The fourth-order valence-corrected chi connectivity index (χ4v) is 4.04. The second-order valence-corrected chi connectivity index (χ2v) is 8.63. The summed E-state index contributed by atoms with van der Waals surface area (Å²) in [7, 11) is 1.42. The molecule has 0 unspecified atom stereocenters. The third kappa shape index (κ3) is 6.50. The van der Waals surface area contributed by atoms with E-state index in [0.29, 0.717) is 5.56 Å². The highest BCUT2D eigenvalue weighted by Crippen LogP contribution is 2.37. The summed E-state index contributed by atoms with van der Waals surface area (Å²) in [6.45, 7) is 0.842. The first kappa shape index (κ1) is 29.9. The van der Waals surface area contributed by atoms with Crippen molar-refractivity contribution in [1.29, 1.82) is 0 Å². The number of carboxylic acid groups (broad SMARTS) is 1. The van der Waals surface area contributed by atoms with E-state index in [2.05, 4.69) is 0 Å². The summed E-state index contributed by atoms with van der Waals surface area (Å²) in [5, 5.41) is 10.0. The van der Waals surface area contributed by atoms with Crippen LogP contribution in [0.4, 0.5) is 26.3 Å². The molecule has 0 radical (unpaired) electrons. The number of para-hydroxylation sites is 1. The molecular formula is C28H22F6N2O4. The average Bonchev–Trinajstić information content (AvgIpc) is 2.88. The quantitative estimate of drug-likeness (QED) is 0.319. The van der Waals surface area contributed by atoms with E-state index in [-0.39, 0.29) is 16.5 Å². The van der Waals surface area contributed by atoms with Gasteiger partial charge in [0.05, 0.1) is 11.1 Å². The van der Waals surface area contributed by atoms with Gasteiger partial charge in [0, 0.05) is 24.4 Å². The molecule has 0 fully saturated rings. The number of halogens is 6. The number of carbonyl (C=O) groups is 2. The van der Waals surface area contributed by atoms with Gasteiger partial charge in [-0.3, -0.25) is 14.4 Å². The number of carboxylic acids is 1. The van der Waals surface area contributed by atoms with Crippen molar-refractivity contribution >= 4 is 22.8 Å². The van der Waals surface area contributed by atoms with E-state index in [4.69, 9.17) is 5.11 Å². The highest BCUT2D eigenvalue weighted by atomic mass is 19.4. The number of aryl methyl sites for hydroxylation is 2. The number of fused-ring (bicyclic) bond motifs is 1. The van der Waals surface area contributed by atoms with Gasteiger partial charge in [-0.15, -0.1) is 0 Å². The number of benzene rings is 3. The highest BCUT2D eigenvalue weighted by molar-refractivity contribution is 5.96. The first-order valence-corrected chi connectivity index (χ1v) is 11.6. The summed E-state index contributed by atoms with van der Waals surface area (Å²) in [6, 6.07) is 13.3. The summed E-state index contributed by atoms with van der Waals surface area (Å²) in [5.41, 5.74) is -2.41. The number of rotatable bonds is 5. The summed E-state index contributed by atoms with van der Waals surface area (Å²) in [5.74, 6) is -5.03. The lowest BCUT2D eigenvalue weighted by molar-refractivity contribution is -0.137. The average molecular weight is 564 g/mol. The van der Waals surface area contributed by atoms with Gasteiger partial charge in [-0.2, -0.15) is 13.2 Å². The largest absolute Gasteiger partial charge is 0.480 e. The lowest BCUT2D eigenvalue weighted by Crippen LogP contribution is -2.30. The van der Waals surface area contributed by atoms with Crippen molar-refractivity contribution in [3.63, 3.8) is 0 Å². The molecule has 2 N–H and O–H groups in total. The molecule has 1 aromatic heterocycles. The maximum Gasteiger partial charge on any atom is 0.417 e. The Bertz CT molecular complexity index is 1630. The zero-order valence-electron chi connectivity index (χ0n) is 21.1. The molecule has 0 saturated carbocycles. The van der Waals surface area contributed by atoms with Crippen LogP contribution >= 0.6 is 0 Å². The Kier molecular flexibility index (Phi) is 9.02. The number of nitrogens with one attached hydrogen (secondary N) is 1. The van der Waals surface area contributed by atoms with Gasteiger partial charge >= 0.3 is 12.1 Å². The predicted octanol–water partition coefficient (Wildman–Crippen LogP) is 5.37. The molecule has 40 heavy (non-hydrogen) atoms. The molecule has 1 heterocycles. The van der Waals surface area contributed by atoms with Gasteiger partial charge in [0.1, 0.15) is 29.6 Å². The normalized spacial score (nSPS) is 11.1. The standard InChI is InChI=1S/C19H15F4NO.C9H7F2NO3/c1-11-6-5-7-12(17(11)20)10-14-16(19(21,22)23)13-8-3-4-9-15(13)24(2)18(14)25;10-5-2-1-3-6(11)8(5)9(15)12-4-7(13)14/h3-9H,10H2,1-2H3;1-3H,4H2,(H,12,15)(H,13,14). The Labute approximate surface area is 223 Å². The SMILES string of the molecule is Cc1cccc(Cc2c(C(F)(F)F)c3ccccc3n(C)c2=O)c1F.O=C(O)CNC(=O)c1c(F)cccc1F. The van der Waals surface area contributed by atoms with E-state index in [9.17, 15) is 40.7 Å². The van der Waals surface area contributed by atoms with Crippen molar-refractivity contribution in [2.24, 2.45) is 7.05 Å².